The first-order chi connectivity index (χ1) is 7.18. The number of nitrogens with one attached hydrogen (secondary N) is 1. The predicted octanol–water partition coefficient (Wildman–Crippen LogP) is 3.15. The number of para-hydroxylation sites is 1. The number of anilines is 1. The van der Waals surface area contributed by atoms with E-state index in [1.54, 1.807) is 0 Å². The fourth-order valence-electron chi connectivity index (χ4n) is 1.39. The fourth-order valence-corrected chi connectivity index (χ4v) is 3.94. The standard InChI is InChI=1S/C10H14NO2PS/c1-9-7-8-12-14(15,13-9)11-10-5-3-2-4-6-10/h2-6,9H,7-8H2,1H3,(H,11,15)/t9-,14+/m1/s1. The van der Waals surface area contributed by atoms with Crippen LogP contribution in [0.4, 0.5) is 5.69 Å². The molecule has 1 saturated heterocycles. The highest BCUT2D eigenvalue weighted by molar-refractivity contribution is 8.10. The minimum Gasteiger partial charge on any atom is -0.316 e. The Morgan fingerprint density at radius 3 is 2.80 bits per heavy atom. The summed E-state index contributed by atoms with van der Waals surface area (Å²) in [4.78, 5) is 0. The Hall–Kier alpha value is -0.410. The Morgan fingerprint density at radius 1 is 1.40 bits per heavy atom. The minimum absolute atomic E-state index is 0.181. The normalized spacial score (nSPS) is 31.1. The second kappa shape index (κ2) is 4.62. The van der Waals surface area contributed by atoms with Crippen LogP contribution >= 0.6 is 6.64 Å². The molecule has 5 heteroatoms. The first-order valence-electron chi connectivity index (χ1n) is 4.94. The van der Waals surface area contributed by atoms with E-state index in [1.165, 1.54) is 0 Å². The van der Waals surface area contributed by atoms with Crippen LogP contribution in [-0.4, -0.2) is 12.7 Å². The van der Waals surface area contributed by atoms with Crippen molar-refractivity contribution in [3.05, 3.63) is 30.3 Å². The number of rotatable bonds is 2. The van der Waals surface area contributed by atoms with Crippen molar-refractivity contribution in [3.63, 3.8) is 0 Å². The summed E-state index contributed by atoms with van der Waals surface area (Å²) in [7, 11) is 0. The Kier molecular flexibility index (Phi) is 3.42. The molecule has 3 nitrogen and oxygen atoms in total. The van der Waals surface area contributed by atoms with E-state index in [2.05, 4.69) is 5.09 Å². The van der Waals surface area contributed by atoms with Crippen LogP contribution < -0.4 is 5.09 Å². The Balaban J connectivity index is 2.07. The van der Waals surface area contributed by atoms with Gasteiger partial charge in [0.25, 0.3) is 6.64 Å². The molecule has 1 N–H and O–H groups in total. The van der Waals surface area contributed by atoms with Gasteiger partial charge < -0.3 is 14.1 Å². The molecule has 0 amide bonds. The summed E-state index contributed by atoms with van der Waals surface area (Å²) in [5, 5.41) is 3.17. The van der Waals surface area contributed by atoms with Gasteiger partial charge in [0.2, 0.25) is 0 Å². The molecule has 0 bridgehead atoms. The van der Waals surface area contributed by atoms with E-state index in [1.807, 2.05) is 37.3 Å². The zero-order valence-corrected chi connectivity index (χ0v) is 10.3. The van der Waals surface area contributed by atoms with E-state index in [0.717, 1.165) is 12.1 Å². The maximum atomic E-state index is 5.67. The first kappa shape index (κ1) is 11.1. The summed E-state index contributed by atoms with van der Waals surface area (Å²) in [5.41, 5.74) is 0.954. The third-order valence-corrected chi connectivity index (χ3v) is 4.68. The zero-order valence-electron chi connectivity index (χ0n) is 8.55. The monoisotopic (exact) mass is 243 g/mol. The summed E-state index contributed by atoms with van der Waals surface area (Å²) in [6.45, 7) is 0.395. The Labute approximate surface area is 95.0 Å². The lowest BCUT2D eigenvalue weighted by Gasteiger charge is -2.31. The fraction of sp³-hybridized carbons (Fsp3) is 0.400. The van der Waals surface area contributed by atoms with Crippen LogP contribution in [0.2, 0.25) is 0 Å². The smallest absolute Gasteiger partial charge is 0.287 e. The van der Waals surface area contributed by atoms with Gasteiger partial charge in [0.15, 0.2) is 0 Å². The molecule has 1 aliphatic heterocycles. The number of hydrogen-bond acceptors (Lipinski definition) is 3. The molecular formula is C10H14NO2PS. The van der Waals surface area contributed by atoms with Gasteiger partial charge in [0, 0.05) is 5.69 Å². The van der Waals surface area contributed by atoms with E-state index >= 15 is 0 Å². The van der Waals surface area contributed by atoms with E-state index in [9.17, 15) is 0 Å². The molecule has 0 aromatic heterocycles. The second-order valence-electron chi connectivity index (χ2n) is 3.51. The van der Waals surface area contributed by atoms with Crippen LogP contribution in [-0.2, 0) is 20.9 Å². The molecule has 1 aromatic carbocycles. The van der Waals surface area contributed by atoms with Gasteiger partial charge in [-0.1, -0.05) is 18.2 Å². The van der Waals surface area contributed by atoms with Crippen molar-refractivity contribution < 1.29 is 9.05 Å². The molecule has 0 unspecified atom stereocenters. The van der Waals surface area contributed by atoms with Crippen LogP contribution in [0, 0.1) is 0 Å². The van der Waals surface area contributed by atoms with E-state index in [0.29, 0.717) is 6.61 Å². The van der Waals surface area contributed by atoms with Crippen molar-refractivity contribution in [2.75, 3.05) is 11.7 Å². The highest BCUT2D eigenvalue weighted by Gasteiger charge is 2.26. The summed E-state index contributed by atoms with van der Waals surface area (Å²) in [6.07, 6.45) is 1.09. The number of hydrogen-bond donors (Lipinski definition) is 1. The van der Waals surface area contributed by atoms with E-state index < -0.39 is 6.64 Å². The van der Waals surface area contributed by atoms with Gasteiger partial charge in [-0.15, -0.1) is 0 Å². The SMILES string of the molecule is C[C@@H]1CCO[P@@](=S)(Nc2ccccc2)O1. The van der Waals surface area contributed by atoms with Crippen LogP contribution in [0.25, 0.3) is 0 Å². The second-order valence-corrected chi connectivity index (χ2v) is 6.64. The van der Waals surface area contributed by atoms with Gasteiger partial charge >= 0.3 is 0 Å². The van der Waals surface area contributed by atoms with Crippen molar-refractivity contribution in [3.8, 4) is 0 Å². The van der Waals surface area contributed by atoms with Crippen molar-refractivity contribution in [2.45, 2.75) is 19.4 Å². The third kappa shape index (κ3) is 3.02. The predicted molar refractivity (Wildman–Crippen MR) is 65.5 cm³/mol. The lowest BCUT2D eigenvalue weighted by Crippen LogP contribution is -2.20. The van der Waals surface area contributed by atoms with Crippen LogP contribution in [0.15, 0.2) is 30.3 Å². The lowest BCUT2D eigenvalue weighted by atomic mass is 10.3. The quantitative estimate of drug-likeness (QED) is 0.808. The maximum Gasteiger partial charge on any atom is 0.287 e. The molecule has 0 radical (unpaired) electrons. The summed E-state index contributed by atoms with van der Waals surface area (Å²) >= 11 is 5.37. The molecular weight excluding hydrogens is 229 g/mol. The average Bonchev–Trinajstić information content (AvgIpc) is 2.18. The molecule has 1 heterocycles. The summed E-state index contributed by atoms with van der Waals surface area (Å²) < 4.78 is 11.2. The van der Waals surface area contributed by atoms with Gasteiger partial charge in [-0.05, 0) is 37.3 Å². The first-order valence-corrected chi connectivity index (χ1v) is 7.58. The Morgan fingerprint density at radius 2 is 2.13 bits per heavy atom. The molecule has 15 heavy (non-hydrogen) atoms. The topological polar surface area (TPSA) is 30.5 Å². The largest absolute Gasteiger partial charge is 0.316 e. The maximum absolute atomic E-state index is 5.67. The lowest BCUT2D eigenvalue weighted by molar-refractivity contribution is 0.121. The Bertz CT molecular complexity index is 371. The molecule has 1 aromatic rings. The van der Waals surface area contributed by atoms with Crippen LogP contribution in [0.1, 0.15) is 13.3 Å². The minimum atomic E-state index is -2.31. The molecule has 1 fully saturated rings. The van der Waals surface area contributed by atoms with Crippen LogP contribution in [0.3, 0.4) is 0 Å². The van der Waals surface area contributed by atoms with Crippen LogP contribution in [0.5, 0.6) is 0 Å². The van der Waals surface area contributed by atoms with E-state index in [4.69, 9.17) is 20.9 Å². The van der Waals surface area contributed by atoms with Gasteiger partial charge in [0.05, 0.1) is 12.7 Å². The molecule has 2 rings (SSSR count). The van der Waals surface area contributed by atoms with E-state index in [-0.39, 0.29) is 6.10 Å². The zero-order chi connectivity index (χ0) is 10.7. The average molecular weight is 243 g/mol. The highest BCUT2D eigenvalue weighted by Crippen LogP contribution is 2.52. The van der Waals surface area contributed by atoms with Gasteiger partial charge in [-0.3, -0.25) is 0 Å². The summed E-state index contributed by atoms with van der Waals surface area (Å²) in [6, 6.07) is 9.79. The van der Waals surface area contributed by atoms with Gasteiger partial charge in [-0.25, -0.2) is 0 Å². The van der Waals surface area contributed by atoms with Crippen molar-refractivity contribution in [2.24, 2.45) is 0 Å². The molecule has 0 spiro atoms. The molecule has 82 valence electrons. The third-order valence-electron chi connectivity index (χ3n) is 2.14. The number of benzene rings is 1. The summed E-state index contributed by atoms with van der Waals surface area (Å²) in [5.74, 6) is 0. The molecule has 0 saturated carbocycles. The van der Waals surface area contributed by atoms with Crippen molar-refractivity contribution >= 4 is 24.1 Å². The van der Waals surface area contributed by atoms with Crippen molar-refractivity contribution in [1.82, 2.24) is 0 Å². The van der Waals surface area contributed by atoms with Gasteiger partial charge in [-0.2, -0.15) is 0 Å². The molecule has 1 aliphatic rings. The van der Waals surface area contributed by atoms with Gasteiger partial charge in [0.1, 0.15) is 0 Å². The highest BCUT2D eigenvalue weighted by atomic mass is 32.5. The molecule has 2 atom stereocenters. The molecule has 0 aliphatic carbocycles. The van der Waals surface area contributed by atoms with Crippen molar-refractivity contribution in [1.29, 1.82) is 0 Å².